The standard InChI is InChI=1S/C19H21F2N3O2/c20-14-5-3-6-15(21)18(14)24-9-8-13(22-24)11-23-16-7-2-1-4-12(16)10-17(23)19(25)26/h3,5-6,8-9,12,16-17H,1-2,4,7,10-11H2,(H,25,26). The van der Waals surface area contributed by atoms with Gasteiger partial charge in [-0.1, -0.05) is 18.9 Å². The molecule has 0 amide bonds. The number of halogens is 2. The third kappa shape index (κ3) is 3.00. The average molecular weight is 361 g/mol. The highest BCUT2D eigenvalue weighted by Gasteiger charge is 2.45. The first kappa shape index (κ1) is 17.1. The Morgan fingerprint density at radius 1 is 1.19 bits per heavy atom. The molecule has 2 aliphatic rings. The molecule has 7 heteroatoms. The van der Waals surface area contributed by atoms with E-state index in [1.165, 1.54) is 29.1 Å². The number of benzene rings is 1. The molecule has 0 radical (unpaired) electrons. The summed E-state index contributed by atoms with van der Waals surface area (Å²) in [6.07, 6.45) is 6.52. The van der Waals surface area contributed by atoms with Crippen LogP contribution < -0.4 is 0 Å². The van der Waals surface area contributed by atoms with Crippen LogP contribution in [0.3, 0.4) is 0 Å². The molecule has 3 unspecified atom stereocenters. The van der Waals surface area contributed by atoms with Crippen LogP contribution in [0.4, 0.5) is 8.78 Å². The Bertz CT molecular complexity index is 803. The van der Waals surface area contributed by atoms with Crippen LogP contribution in [0.5, 0.6) is 0 Å². The van der Waals surface area contributed by atoms with Crippen molar-refractivity contribution in [3.8, 4) is 5.69 Å². The Hall–Kier alpha value is -2.28. The second-order valence-corrected chi connectivity index (χ2v) is 7.20. The van der Waals surface area contributed by atoms with Gasteiger partial charge in [0.1, 0.15) is 11.7 Å². The van der Waals surface area contributed by atoms with Crippen molar-refractivity contribution in [3.05, 3.63) is 47.8 Å². The Labute approximate surface area is 150 Å². The second kappa shape index (κ2) is 6.79. The zero-order chi connectivity index (χ0) is 18.3. The van der Waals surface area contributed by atoms with Crippen LogP contribution in [0.15, 0.2) is 30.5 Å². The minimum atomic E-state index is -0.806. The fraction of sp³-hybridized carbons (Fsp3) is 0.474. The van der Waals surface area contributed by atoms with E-state index in [9.17, 15) is 18.7 Å². The maximum Gasteiger partial charge on any atom is 0.320 e. The number of carboxylic acid groups (broad SMARTS) is 1. The van der Waals surface area contributed by atoms with Crippen molar-refractivity contribution in [1.82, 2.24) is 14.7 Å². The largest absolute Gasteiger partial charge is 0.480 e. The van der Waals surface area contributed by atoms with Gasteiger partial charge in [0.2, 0.25) is 0 Å². The number of aliphatic carboxylic acids is 1. The third-order valence-electron chi connectivity index (χ3n) is 5.66. The van der Waals surface area contributed by atoms with Crippen molar-refractivity contribution in [2.24, 2.45) is 5.92 Å². The highest BCUT2D eigenvalue weighted by atomic mass is 19.1. The summed E-state index contributed by atoms with van der Waals surface area (Å²) in [6.45, 7) is 0.376. The predicted molar refractivity (Wildman–Crippen MR) is 90.8 cm³/mol. The van der Waals surface area contributed by atoms with Crippen molar-refractivity contribution in [2.75, 3.05) is 0 Å². The molecule has 2 fully saturated rings. The Kier molecular flexibility index (Phi) is 4.48. The number of nitrogens with zero attached hydrogens (tertiary/aromatic N) is 3. The lowest BCUT2D eigenvalue weighted by Gasteiger charge is -2.32. The molecule has 4 rings (SSSR count). The minimum Gasteiger partial charge on any atom is -0.480 e. The van der Waals surface area contributed by atoms with E-state index < -0.39 is 23.6 Å². The summed E-state index contributed by atoms with van der Waals surface area (Å²) in [4.78, 5) is 13.7. The molecule has 2 heterocycles. The van der Waals surface area contributed by atoms with E-state index in [0.29, 0.717) is 24.6 Å². The zero-order valence-electron chi connectivity index (χ0n) is 14.3. The van der Waals surface area contributed by atoms with Crippen LogP contribution in [0.2, 0.25) is 0 Å². The van der Waals surface area contributed by atoms with E-state index in [2.05, 4.69) is 5.10 Å². The van der Waals surface area contributed by atoms with Crippen LogP contribution in [0.1, 0.15) is 37.8 Å². The summed E-state index contributed by atoms with van der Waals surface area (Å²) < 4.78 is 29.1. The van der Waals surface area contributed by atoms with Crippen LogP contribution in [-0.2, 0) is 11.3 Å². The first-order chi connectivity index (χ1) is 12.5. The monoisotopic (exact) mass is 361 g/mol. The first-order valence-corrected chi connectivity index (χ1v) is 9.02. The normalized spacial score (nSPS) is 26.0. The molecule has 138 valence electrons. The number of aromatic nitrogens is 2. The molecule has 1 aliphatic heterocycles. The van der Waals surface area contributed by atoms with Crippen molar-refractivity contribution >= 4 is 5.97 Å². The van der Waals surface area contributed by atoms with Gasteiger partial charge in [-0.3, -0.25) is 9.69 Å². The molecule has 2 aromatic rings. The lowest BCUT2D eigenvalue weighted by atomic mass is 9.85. The number of carbonyl (C=O) groups is 1. The van der Waals surface area contributed by atoms with Gasteiger partial charge in [-0.15, -0.1) is 0 Å². The first-order valence-electron chi connectivity index (χ1n) is 9.02. The molecular weight excluding hydrogens is 340 g/mol. The summed E-state index contributed by atoms with van der Waals surface area (Å²) in [5, 5.41) is 13.9. The van der Waals surface area contributed by atoms with Crippen LogP contribution >= 0.6 is 0 Å². The summed E-state index contributed by atoms with van der Waals surface area (Å²) >= 11 is 0. The molecule has 3 atom stereocenters. The Balaban J connectivity index is 1.59. The maximum atomic E-state index is 14.0. The van der Waals surface area contributed by atoms with E-state index in [4.69, 9.17) is 0 Å². The summed E-state index contributed by atoms with van der Waals surface area (Å²) in [7, 11) is 0. The lowest BCUT2D eigenvalue weighted by Crippen LogP contribution is -2.41. The SMILES string of the molecule is O=C(O)C1CC2CCCCC2N1Cc1ccn(-c2c(F)cccc2F)n1. The van der Waals surface area contributed by atoms with Gasteiger partial charge < -0.3 is 5.11 Å². The van der Waals surface area contributed by atoms with E-state index in [1.54, 1.807) is 6.07 Å². The van der Waals surface area contributed by atoms with Crippen molar-refractivity contribution in [2.45, 2.75) is 50.7 Å². The van der Waals surface area contributed by atoms with Gasteiger partial charge in [0.15, 0.2) is 11.6 Å². The fourth-order valence-corrected chi connectivity index (χ4v) is 4.49. The Morgan fingerprint density at radius 2 is 1.92 bits per heavy atom. The Morgan fingerprint density at radius 3 is 2.65 bits per heavy atom. The summed E-state index contributed by atoms with van der Waals surface area (Å²) in [5.74, 6) is -1.76. The number of para-hydroxylation sites is 1. The van der Waals surface area contributed by atoms with Crippen molar-refractivity contribution < 1.29 is 18.7 Å². The molecule has 1 aromatic heterocycles. The molecule has 1 aliphatic carbocycles. The molecule has 1 aromatic carbocycles. The smallest absolute Gasteiger partial charge is 0.320 e. The van der Waals surface area contributed by atoms with E-state index in [0.717, 1.165) is 25.7 Å². The van der Waals surface area contributed by atoms with E-state index in [1.807, 2.05) is 4.90 Å². The van der Waals surface area contributed by atoms with Gasteiger partial charge in [-0.2, -0.15) is 5.10 Å². The van der Waals surface area contributed by atoms with Crippen molar-refractivity contribution in [3.63, 3.8) is 0 Å². The van der Waals surface area contributed by atoms with Gasteiger partial charge in [-0.25, -0.2) is 13.5 Å². The quantitative estimate of drug-likeness (QED) is 0.907. The molecule has 1 saturated carbocycles. The van der Waals surface area contributed by atoms with Gasteiger partial charge in [0.05, 0.1) is 5.69 Å². The summed E-state index contributed by atoms with van der Waals surface area (Å²) in [6, 6.07) is 5.11. The van der Waals surface area contributed by atoms with Crippen LogP contribution in [0, 0.1) is 17.6 Å². The molecular formula is C19H21F2N3O2. The highest BCUT2D eigenvalue weighted by Crippen LogP contribution is 2.40. The average Bonchev–Trinajstić information content (AvgIpc) is 3.21. The molecule has 0 bridgehead atoms. The summed E-state index contributed by atoms with van der Waals surface area (Å²) in [5.41, 5.74) is 0.399. The number of rotatable bonds is 4. The molecule has 26 heavy (non-hydrogen) atoms. The zero-order valence-corrected chi connectivity index (χ0v) is 14.3. The number of fused-ring (bicyclic) bond motifs is 1. The van der Waals surface area contributed by atoms with Gasteiger partial charge >= 0.3 is 5.97 Å². The molecule has 1 saturated heterocycles. The van der Waals surface area contributed by atoms with E-state index >= 15 is 0 Å². The number of likely N-dealkylation sites (tertiary alicyclic amines) is 1. The number of hydrogen-bond acceptors (Lipinski definition) is 3. The van der Waals surface area contributed by atoms with Crippen LogP contribution in [0.25, 0.3) is 5.69 Å². The molecule has 5 nitrogen and oxygen atoms in total. The minimum absolute atomic E-state index is 0.217. The topological polar surface area (TPSA) is 58.4 Å². The molecule has 1 N–H and O–H groups in total. The van der Waals surface area contributed by atoms with E-state index in [-0.39, 0.29) is 11.7 Å². The fourth-order valence-electron chi connectivity index (χ4n) is 4.49. The predicted octanol–water partition coefficient (Wildman–Crippen LogP) is 3.37. The van der Waals surface area contributed by atoms with Crippen molar-refractivity contribution in [1.29, 1.82) is 0 Å². The van der Waals surface area contributed by atoms with Gasteiger partial charge in [0, 0.05) is 18.8 Å². The van der Waals surface area contributed by atoms with Gasteiger partial charge in [-0.05, 0) is 43.4 Å². The third-order valence-corrected chi connectivity index (χ3v) is 5.66. The lowest BCUT2D eigenvalue weighted by molar-refractivity contribution is -0.142. The van der Waals surface area contributed by atoms with Crippen LogP contribution in [-0.4, -0.2) is 37.8 Å². The maximum absolute atomic E-state index is 14.0. The number of carboxylic acids is 1. The number of hydrogen-bond donors (Lipinski definition) is 1. The molecule has 0 spiro atoms. The highest BCUT2D eigenvalue weighted by molar-refractivity contribution is 5.74. The second-order valence-electron chi connectivity index (χ2n) is 7.20. The van der Waals surface area contributed by atoms with Gasteiger partial charge in [0.25, 0.3) is 0 Å².